The summed E-state index contributed by atoms with van der Waals surface area (Å²) in [5, 5.41) is 10.2. The fraction of sp³-hybridized carbons (Fsp3) is 0.250. The highest BCUT2D eigenvalue weighted by molar-refractivity contribution is 7.71. The molecule has 1 aromatic heterocycles. The van der Waals surface area contributed by atoms with Gasteiger partial charge in [0.2, 0.25) is 5.91 Å². The number of methoxy groups -OCH3 is 1. The normalized spacial score (nSPS) is 15.4. The van der Waals surface area contributed by atoms with Gasteiger partial charge in [-0.1, -0.05) is 24.3 Å². The van der Waals surface area contributed by atoms with Crippen molar-refractivity contribution >= 4 is 18.1 Å². The molecule has 2 N–H and O–H groups in total. The van der Waals surface area contributed by atoms with Crippen LogP contribution in [0, 0.1) is 4.77 Å². The number of nitrogens with one attached hydrogen (secondary N) is 2. The second-order valence-electron chi connectivity index (χ2n) is 6.52. The largest absolute Gasteiger partial charge is 0.497 e. The van der Waals surface area contributed by atoms with Crippen molar-refractivity contribution in [2.75, 3.05) is 7.11 Å². The summed E-state index contributed by atoms with van der Waals surface area (Å²) >= 11 is 5.33. The van der Waals surface area contributed by atoms with Gasteiger partial charge >= 0.3 is 0 Å². The predicted molar refractivity (Wildman–Crippen MR) is 105 cm³/mol. The minimum atomic E-state index is -0.0797. The van der Waals surface area contributed by atoms with Crippen LogP contribution < -0.4 is 10.1 Å². The molecule has 0 saturated heterocycles. The van der Waals surface area contributed by atoms with Crippen molar-refractivity contribution in [1.82, 2.24) is 20.1 Å². The number of hydrogen-bond donors (Lipinski definition) is 2. The number of aryl methyl sites for hydroxylation is 1. The van der Waals surface area contributed by atoms with Gasteiger partial charge in [0.25, 0.3) is 0 Å². The molecular formula is C20H20N4O2S. The molecule has 0 aliphatic heterocycles. The highest BCUT2D eigenvalue weighted by Crippen LogP contribution is 2.30. The third kappa shape index (κ3) is 3.50. The number of carbonyl (C=O) groups is 1. The van der Waals surface area contributed by atoms with E-state index in [0.717, 1.165) is 24.2 Å². The first-order valence-corrected chi connectivity index (χ1v) is 9.23. The third-order valence-corrected chi connectivity index (χ3v) is 5.19. The molecule has 1 unspecified atom stereocenters. The zero-order chi connectivity index (χ0) is 18.8. The predicted octanol–water partition coefficient (Wildman–Crippen LogP) is 3.42. The van der Waals surface area contributed by atoms with Crippen LogP contribution in [0.25, 0.3) is 11.4 Å². The lowest BCUT2D eigenvalue weighted by molar-refractivity contribution is -0.122. The first-order chi connectivity index (χ1) is 13.2. The molecule has 27 heavy (non-hydrogen) atoms. The van der Waals surface area contributed by atoms with Crippen LogP contribution >= 0.6 is 12.2 Å². The number of benzene rings is 2. The van der Waals surface area contributed by atoms with Gasteiger partial charge in [0.1, 0.15) is 12.3 Å². The summed E-state index contributed by atoms with van der Waals surface area (Å²) < 4.78 is 7.32. The molecule has 4 rings (SSSR count). The molecule has 0 bridgehead atoms. The zero-order valence-electron chi connectivity index (χ0n) is 14.9. The highest BCUT2D eigenvalue weighted by atomic mass is 32.1. The van der Waals surface area contributed by atoms with Crippen LogP contribution in [0.5, 0.6) is 5.75 Å². The number of nitrogens with zero attached hydrogens (tertiary/aromatic N) is 2. The lowest BCUT2D eigenvalue weighted by atomic mass is 10.1. The average molecular weight is 380 g/mol. The average Bonchev–Trinajstić information content (AvgIpc) is 3.26. The number of carbonyl (C=O) groups excluding carboxylic acids is 1. The van der Waals surface area contributed by atoms with Crippen LogP contribution in [0.4, 0.5) is 0 Å². The summed E-state index contributed by atoms with van der Waals surface area (Å²) in [6.45, 7) is 0.120. The number of fused-ring (bicyclic) bond motifs is 1. The number of aromatic amines is 1. The molecule has 1 amide bonds. The number of rotatable bonds is 5. The molecule has 0 fully saturated rings. The van der Waals surface area contributed by atoms with E-state index in [1.165, 1.54) is 11.1 Å². The molecule has 0 radical (unpaired) electrons. The maximum atomic E-state index is 12.7. The fourth-order valence-electron chi connectivity index (χ4n) is 3.52. The van der Waals surface area contributed by atoms with E-state index in [2.05, 4.69) is 27.6 Å². The van der Waals surface area contributed by atoms with Gasteiger partial charge in [0, 0.05) is 5.56 Å². The van der Waals surface area contributed by atoms with E-state index in [1.807, 2.05) is 36.4 Å². The lowest BCUT2D eigenvalue weighted by Gasteiger charge is -2.15. The molecule has 0 spiro atoms. The van der Waals surface area contributed by atoms with Crippen LogP contribution in [0.2, 0.25) is 0 Å². The van der Waals surface area contributed by atoms with Crippen LogP contribution in [0.15, 0.2) is 48.5 Å². The van der Waals surface area contributed by atoms with E-state index in [-0.39, 0.29) is 18.5 Å². The molecule has 1 heterocycles. The van der Waals surface area contributed by atoms with Crippen LogP contribution in [-0.2, 0) is 17.8 Å². The van der Waals surface area contributed by atoms with E-state index in [4.69, 9.17) is 17.0 Å². The van der Waals surface area contributed by atoms with Gasteiger partial charge in [-0.25, -0.2) is 0 Å². The first kappa shape index (κ1) is 17.5. The van der Waals surface area contributed by atoms with Crippen molar-refractivity contribution in [3.63, 3.8) is 0 Å². The van der Waals surface area contributed by atoms with Gasteiger partial charge in [-0.2, -0.15) is 5.10 Å². The molecule has 0 saturated carbocycles. The summed E-state index contributed by atoms with van der Waals surface area (Å²) in [6, 6.07) is 15.8. The van der Waals surface area contributed by atoms with Crippen molar-refractivity contribution in [2.45, 2.75) is 25.4 Å². The Morgan fingerprint density at radius 3 is 2.85 bits per heavy atom. The van der Waals surface area contributed by atoms with Crippen molar-refractivity contribution in [3.05, 3.63) is 64.4 Å². The maximum Gasteiger partial charge on any atom is 0.240 e. The molecule has 1 aliphatic rings. The second kappa shape index (κ2) is 7.36. The van der Waals surface area contributed by atoms with Crippen LogP contribution in [-0.4, -0.2) is 27.8 Å². The van der Waals surface area contributed by atoms with E-state index in [0.29, 0.717) is 10.6 Å². The van der Waals surface area contributed by atoms with Gasteiger partial charge in [-0.3, -0.25) is 14.5 Å². The van der Waals surface area contributed by atoms with Crippen LogP contribution in [0.3, 0.4) is 0 Å². The van der Waals surface area contributed by atoms with Gasteiger partial charge in [-0.15, -0.1) is 0 Å². The Labute approximate surface area is 162 Å². The van der Waals surface area contributed by atoms with Gasteiger partial charge < -0.3 is 10.1 Å². The minimum Gasteiger partial charge on any atom is -0.497 e. The molecule has 1 aliphatic carbocycles. The Hall–Kier alpha value is -2.93. The van der Waals surface area contributed by atoms with Gasteiger partial charge in [-0.05, 0) is 60.5 Å². The maximum absolute atomic E-state index is 12.7. The molecule has 3 aromatic rings. The number of aromatic nitrogens is 3. The Kier molecular flexibility index (Phi) is 4.77. The molecule has 1 atom stereocenters. The van der Waals surface area contributed by atoms with Crippen molar-refractivity contribution in [1.29, 1.82) is 0 Å². The van der Waals surface area contributed by atoms with E-state index in [1.54, 1.807) is 11.7 Å². The Morgan fingerprint density at radius 2 is 2.07 bits per heavy atom. The van der Waals surface area contributed by atoms with Gasteiger partial charge in [0.05, 0.1) is 13.2 Å². The standard InChI is InChI=1S/C20H20N4O2S/c1-26-15-9-6-14(7-10-15)19-22-23-20(27)24(19)12-18(25)21-17-11-8-13-4-2-3-5-16(13)17/h2-7,9-10,17H,8,11-12H2,1H3,(H,21,25)(H,23,27). The van der Waals surface area contributed by atoms with Crippen LogP contribution in [0.1, 0.15) is 23.6 Å². The fourth-order valence-corrected chi connectivity index (χ4v) is 3.71. The number of H-pyrrole nitrogens is 1. The van der Waals surface area contributed by atoms with E-state index >= 15 is 0 Å². The zero-order valence-corrected chi connectivity index (χ0v) is 15.8. The summed E-state index contributed by atoms with van der Waals surface area (Å²) in [5.41, 5.74) is 3.38. The van der Waals surface area contributed by atoms with E-state index < -0.39 is 0 Å². The Balaban J connectivity index is 1.52. The van der Waals surface area contributed by atoms with E-state index in [9.17, 15) is 4.79 Å². The second-order valence-corrected chi connectivity index (χ2v) is 6.91. The topological polar surface area (TPSA) is 71.9 Å². The third-order valence-electron chi connectivity index (χ3n) is 4.88. The summed E-state index contributed by atoms with van der Waals surface area (Å²) in [5.74, 6) is 1.31. The quantitative estimate of drug-likeness (QED) is 0.666. The van der Waals surface area contributed by atoms with Crippen molar-refractivity contribution < 1.29 is 9.53 Å². The smallest absolute Gasteiger partial charge is 0.240 e. The SMILES string of the molecule is COc1ccc(-c2n[nH]c(=S)n2CC(=O)NC2CCc3ccccc32)cc1. The molecule has 7 heteroatoms. The molecule has 2 aromatic carbocycles. The lowest BCUT2D eigenvalue weighted by Crippen LogP contribution is -2.30. The summed E-state index contributed by atoms with van der Waals surface area (Å²) in [4.78, 5) is 12.7. The molecule has 6 nitrogen and oxygen atoms in total. The highest BCUT2D eigenvalue weighted by Gasteiger charge is 2.24. The minimum absolute atomic E-state index is 0.0548. The Morgan fingerprint density at radius 1 is 1.30 bits per heavy atom. The monoisotopic (exact) mass is 380 g/mol. The number of ether oxygens (including phenoxy) is 1. The van der Waals surface area contributed by atoms with Crippen molar-refractivity contribution in [3.8, 4) is 17.1 Å². The number of hydrogen-bond acceptors (Lipinski definition) is 4. The first-order valence-electron chi connectivity index (χ1n) is 8.82. The number of amides is 1. The van der Waals surface area contributed by atoms with Crippen molar-refractivity contribution in [2.24, 2.45) is 0 Å². The summed E-state index contributed by atoms with van der Waals surface area (Å²) in [7, 11) is 1.62. The molecule has 138 valence electrons. The Bertz CT molecular complexity index is 1020. The summed E-state index contributed by atoms with van der Waals surface area (Å²) in [6.07, 6.45) is 1.91. The molecular weight excluding hydrogens is 360 g/mol. The van der Waals surface area contributed by atoms with Gasteiger partial charge in [0.15, 0.2) is 10.6 Å².